The van der Waals surface area contributed by atoms with Crippen molar-refractivity contribution in [3.05, 3.63) is 47.8 Å². The second-order valence-electron chi connectivity index (χ2n) is 6.00. The van der Waals surface area contributed by atoms with Gasteiger partial charge < -0.3 is 24.3 Å². The molecule has 0 aliphatic rings. The van der Waals surface area contributed by atoms with Crippen LogP contribution in [0, 0.1) is 0 Å². The highest BCUT2D eigenvalue weighted by atomic mass is 19.3. The molecule has 0 radical (unpaired) electrons. The fourth-order valence-electron chi connectivity index (χ4n) is 2.62. The summed E-state index contributed by atoms with van der Waals surface area (Å²) in [6.07, 6.45) is 2.00. The minimum absolute atomic E-state index is 0.00219. The molecule has 0 atom stereocenters. The summed E-state index contributed by atoms with van der Waals surface area (Å²) >= 11 is 0. The molecule has 2 rings (SSSR count). The summed E-state index contributed by atoms with van der Waals surface area (Å²) in [6, 6.07) is 8.95. The van der Waals surface area contributed by atoms with Crippen molar-refractivity contribution in [2.45, 2.75) is 26.6 Å². The molecule has 1 aromatic carbocycles. The first-order chi connectivity index (χ1) is 12.9. The number of hydrogen-bond donors (Lipinski definition) is 1. The maximum Gasteiger partial charge on any atom is 0.387 e. The number of nitrogens with zero attached hydrogens (tertiary/aromatic N) is 3. The van der Waals surface area contributed by atoms with E-state index in [4.69, 9.17) is 4.74 Å². The fourth-order valence-corrected chi connectivity index (χ4v) is 2.62. The van der Waals surface area contributed by atoms with Crippen LogP contribution in [0.15, 0.2) is 41.5 Å². The molecule has 0 fully saturated rings. The predicted molar refractivity (Wildman–Crippen MR) is 101 cm³/mol. The molecule has 1 N–H and O–H groups in total. The number of aromatic nitrogens is 1. The number of methoxy groups -OCH3 is 1. The highest BCUT2D eigenvalue weighted by molar-refractivity contribution is 5.79. The quantitative estimate of drug-likeness (QED) is 0.564. The van der Waals surface area contributed by atoms with Gasteiger partial charge in [0.2, 0.25) is 0 Å². The van der Waals surface area contributed by atoms with Gasteiger partial charge in [-0.05, 0) is 36.8 Å². The number of aryl methyl sites for hydroxylation is 1. The van der Waals surface area contributed by atoms with E-state index < -0.39 is 6.61 Å². The van der Waals surface area contributed by atoms with Crippen molar-refractivity contribution in [2.24, 2.45) is 12.0 Å². The topological polar surface area (TPSA) is 51.0 Å². The van der Waals surface area contributed by atoms with E-state index in [1.165, 1.54) is 13.2 Å². The second-order valence-corrected chi connectivity index (χ2v) is 6.00. The molecule has 0 bridgehead atoms. The van der Waals surface area contributed by atoms with Crippen LogP contribution in [-0.2, 0) is 20.1 Å². The van der Waals surface area contributed by atoms with Gasteiger partial charge in [0.25, 0.3) is 0 Å². The van der Waals surface area contributed by atoms with Crippen LogP contribution >= 0.6 is 0 Å². The summed E-state index contributed by atoms with van der Waals surface area (Å²) in [5, 5.41) is 3.24. The zero-order valence-corrected chi connectivity index (χ0v) is 16.1. The largest absolute Gasteiger partial charge is 0.493 e. The van der Waals surface area contributed by atoms with Gasteiger partial charge in [0, 0.05) is 32.5 Å². The average molecular weight is 380 g/mol. The molecule has 0 aliphatic heterocycles. The van der Waals surface area contributed by atoms with Crippen LogP contribution in [0.3, 0.4) is 0 Å². The third kappa shape index (κ3) is 5.87. The van der Waals surface area contributed by atoms with Gasteiger partial charge in [-0.3, -0.25) is 0 Å². The van der Waals surface area contributed by atoms with Crippen LogP contribution in [0.5, 0.6) is 11.5 Å². The van der Waals surface area contributed by atoms with Crippen LogP contribution in [-0.4, -0.2) is 42.7 Å². The summed E-state index contributed by atoms with van der Waals surface area (Å²) in [5.74, 6) is 0.990. The molecule has 27 heavy (non-hydrogen) atoms. The molecule has 0 saturated heterocycles. The van der Waals surface area contributed by atoms with Crippen LogP contribution in [0.2, 0.25) is 0 Å². The van der Waals surface area contributed by atoms with Gasteiger partial charge in [-0.1, -0.05) is 6.07 Å². The molecule has 8 heteroatoms. The van der Waals surface area contributed by atoms with Crippen molar-refractivity contribution < 1.29 is 18.3 Å². The van der Waals surface area contributed by atoms with E-state index in [9.17, 15) is 8.78 Å². The normalized spacial score (nSPS) is 11.6. The first-order valence-electron chi connectivity index (χ1n) is 8.66. The number of alkyl halides is 2. The Labute approximate surface area is 158 Å². The number of ether oxygens (including phenoxy) is 2. The van der Waals surface area contributed by atoms with Crippen LogP contribution in [0.1, 0.15) is 18.2 Å². The summed E-state index contributed by atoms with van der Waals surface area (Å²) in [6.45, 7) is 0.819. The summed E-state index contributed by atoms with van der Waals surface area (Å²) < 4.78 is 36.8. The summed E-state index contributed by atoms with van der Waals surface area (Å²) in [7, 11) is 5.36. The van der Waals surface area contributed by atoms with Gasteiger partial charge in [0.15, 0.2) is 17.5 Å². The molecular weight excluding hydrogens is 354 g/mol. The van der Waals surface area contributed by atoms with Crippen molar-refractivity contribution in [1.29, 1.82) is 0 Å². The minimum atomic E-state index is -2.91. The molecule has 148 valence electrons. The van der Waals surface area contributed by atoms with Crippen LogP contribution in [0.25, 0.3) is 0 Å². The predicted octanol–water partition coefficient (Wildman–Crippen LogP) is 3.23. The van der Waals surface area contributed by atoms with Gasteiger partial charge in [-0.25, -0.2) is 4.99 Å². The zero-order valence-electron chi connectivity index (χ0n) is 16.1. The zero-order chi connectivity index (χ0) is 19.8. The lowest BCUT2D eigenvalue weighted by atomic mass is 10.2. The van der Waals surface area contributed by atoms with Crippen molar-refractivity contribution in [2.75, 3.05) is 20.7 Å². The van der Waals surface area contributed by atoms with E-state index in [0.717, 1.165) is 23.8 Å². The first-order valence-corrected chi connectivity index (χ1v) is 8.66. The minimum Gasteiger partial charge on any atom is -0.493 e. The Morgan fingerprint density at radius 3 is 2.67 bits per heavy atom. The number of hydrogen-bond acceptors (Lipinski definition) is 3. The van der Waals surface area contributed by atoms with E-state index in [-0.39, 0.29) is 11.5 Å². The van der Waals surface area contributed by atoms with Gasteiger partial charge >= 0.3 is 6.61 Å². The Kier molecular flexibility index (Phi) is 7.45. The Morgan fingerprint density at radius 1 is 1.30 bits per heavy atom. The van der Waals surface area contributed by atoms with Crippen LogP contribution < -0.4 is 14.8 Å². The number of guanidine groups is 1. The lowest BCUT2D eigenvalue weighted by Gasteiger charge is -2.22. The highest BCUT2D eigenvalue weighted by Crippen LogP contribution is 2.29. The van der Waals surface area contributed by atoms with E-state index >= 15 is 0 Å². The van der Waals surface area contributed by atoms with Crippen molar-refractivity contribution in [3.8, 4) is 11.5 Å². The van der Waals surface area contributed by atoms with Gasteiger partial charge in [-0.2, -0.15) is 8.78 Å². The lowest BCUT2D eigenvalue weighted by Crippen LogP contribution is -2.38. The van der Waals surface area contributed by atoms with Gasteiger partial charge in [-0.15, -0.1) is 0 Å². The van der Waals surface area contributed by atoms with E-state index in [0.29, 0.717) is 13.1 Å². The third-order valence-electron chi connectivity index (χ3n) is 4.00. The smallest absolute Gasteiger partial charge is 0.387 e. The standard InChI is InChI=1S/C19H26F2N4O2/c1-5-22-19(25(3)13-15-7-6-10-24(15)2)23-12-14-8-9-16(26-4)17(11-14)27-18(20)21/h6-11,18H,5,12-13H2,1-4H3,(H,22,23). The molecule has 0 spiro atoms. The third-order valence-corrected chi connectivity index (χ3v) is 4.00. The molecule has 0 amide bonds. The Hall–Kier alpha value is -2.77. The van der Waals surface area contributed by atoms with Crippen molar-refractivity contribution >= 4 is 5.96 Å². The molecule has 0 aliphatic carbocycles. The highest BCUT2D eigenvalue weighted by Gasteiger charge is 2.12. The molecule has 0 saturated carbocycles. The maximum atomic E-state index is 12.6. The maximum absolute atomic E-state index is 12.6. The number of benzene rings is 1. The molecule has 1 aromatic heterocycles. The molecule has 2 aromatic rings. The number of nitrogens with one attached hydrogen (secondary N) is 1. The second kappa shape index (κ2) is 9.80. The van der Waals surface area contributed by atoms with Crippen LogP contribution in [0.4, 0.5) is 8.78 Å². The fraction of sp³-hybridized carbons (Fsp3) is 0.421. The van der Waals surface area contributed by atoms with Crippen molar-refractivity contribution in [1.82, 2.24) is 14.8 Å². The van der Waals surface area contributed by atoms with E-state index in [2.05, 4.69) is 25.7 Å². The summed E-state index contributed by atoms with van der Waals surface area (Å²) in [4.78, 5) is 6.62. The average Bonchev–Trinajstić information content (AvgIpc) is 3.03. The monoisotopic (exact) mass is 380 g/mol. The van der Waals surface area contributed by atoms with Gasteiger partial charge in [0.1, 0.15) is 0 Å². The Balaban J connectivity index is 2.14. The van der Waals surface area contributed by atoms with E-state index in [1.54, 1.807) is 12.1 Å². The molecule has 1 heterocycles. The van der Waals surface area contributed by atoms with E-state index in [1.807, 2.05) is 38.2 Å². The Morgan fingerprint density at radius 2 is 2.07 bits per heavy atom. The lowest BCUT2D eigenvalue weighted by molar-refractivity contribution is -0.0512. The first kappa shape index (κ1) is 20.5. The van der Waals surface area contributed by atoms with Crippen molar-refractivity contribution in [3.63, 3.8) is 0 Å². The molecule has 0 unspecified atom stereocenters. The molecular formula is C19H26F2N4O2. The number of aliphatic imine (C=N–C) groups is 1. The number of rotatable bonds is 8. The SMILES string of the molecule is CCNC(=NCc1ccc(OC)c(OC(F)F)c1)N(C)Cc1cccn1C. The van der Waals surface area contributed by atoms with Gasteiger partial charge in [0.05, 0.1) is 20.2 Å². The Bertz CT molecular complexity index is 762. The number of halogens is 2. The molecule has 6 nitrogen and oxygen atoms in total. The summed E-state index contributed by atoms with van der Waals surface area (Å²) in [5.41, 5.74) is 1.90.